The Bertz CT molecular complexity index is 1340. The molecule has 1 aliphatic heterocycles. The fourth-order valence-electron chi connectivity index (χ4n) is 3.56. The highest BCUT2D eigenvalue weighted by Gasteiger charge is 2.34. The molecule has 1 atom stereocenters. The van der Waals surface area contributed by atoms with Crippen LogP contribution in [0.4, 0.5) is 0 Å². The molecule has 0 saturated heterocycles. The van der Waals surface area contributed by atoms with E-state index in [-0.39, 0.29) is 12.2 Å². The first-order valence-electron chi connectivity index (χ1n) is 9.82. The highest BCUT2D eigenvalue weighted by molar-refractivity contribution is 7.10. The van der Waals surface area contributed by atoms with E-state index in [1.807, 2.05) is 48.7 Å². The molecular formula is C23H22N2O4S2. The average Bonchev–Trinajstić information content (AvgIpc) is 3.30. The number of hydrogen-bond donors (Lipinski definition) is 0. The van der Waals surface area contributed by atoms with Crippen LogP contribution in [-0.4, -0.2) is 24.3 Å². The first-order valence-corrected chi connectivity index (χ1v) is 11.5. The minimum atomic E-state index is -0.548. The molecular weight excluding hydrogens is 432 g/mol. The predicted octanol–water partition coefficient (Wildman–Crippen LogP) is 3.18. The van der Waals surface area contributed by atoms with Gasteiger partial charge < -0.3 is 9.47 Å². The van der Waals surface area contributed by atoms with E-state index >= 15 is 0 Å². The zero-order chi connectivity index (χ0) is 22.1. The molecule has 4 rings (SSSR count). The number of hydrogen-bond acceptors (Lipinski definition) is 7. The zero-order valence-electron chi connectivity index (χ0n) is 17.7. The van der Waals surface area contributed by atoms with Gasteiger partial charge in [0.15, 0.2) is 4.80 Å². The smallest absolute Gasteiger partial charge is 0.338 e. The van der Waals surface area contributed by atoms with Gasteiger partial charge in [0.25, 0.3) is 5.56 Å². The van der Waals surface area contributed by atoms with Crippen LogP contribution in [0.15, 0.2) is 56.8 Å². The molecule has 1 aliphatic rings. The van der Waals surface area contributed by atoms with Crippen LogP contribution in [0.1, 0.15) is 35.9 Å². The Hall–Kier alpha value is -2.97. The van der Waals surface area contributed by atoms with Crippen molar-refractivity contribution >= 4 is 34.7 Å². The van der Waals surface area contributed by atoms with Gasteiger partial charge in [0, 0.05) is 4.88 Å². The summed E-state index contributed by atoms with van der Waals surface area (Å²) in [6.07, 6.45) is 1.84. The number of esters is 1. The molecule has 160 valence electrons. The van der Waals surface area contributed by atoms with Gasteiger partial charge in [0.2, 0.25) is 0 Å². The number of benzene rings is 1. The summed E-state index contributed by atoms with van der Waals surface area (Å²) in [6, 6.07) is 8.94. The van der Waals surface area contributed by atoms with Gasteiger partial charge in [0.1, 0.15) is 11.8 Å². The molecule has 0 unspecified atom stereocenters. The SMILES string of the molecule is CCOC(=O)C1=C(C)N=c2s/c(=C/c3ccc(OC)cc3)c(=O)n2[C@@H]1c1sccc1C. The summed E-state index contributed by atoms with van der Waals surface area (Å²) in [5.74, 6) is 0.312. The number of ether oxygens (including phenoxy) is 2. The molecule has 0 spiro atoms. The molecule has 0 bridgehead atoms. The molecule has 6 nitrogen and oxygen atoms in total. The summed E-state index contributed by atoms with van der Waals surface area (Å²) in [6.45, 7) is 5.80. The zero-order valence-corrected chi connectivity index (χ0v) is 19.3. The van der Waals surface area contributed by atoms with Crippen molar-refractivity contribution in [2.45, 2.75) is 26.8 Å². The van der Waals surface area contributed by atoms with E-state index in [0.717, 1.165) is 21.8 Å². The molecule has 0 radical (unpaired) electrons. The van der Waals surface area contributed by atoms with Gasteiger partial charge >= 0.3 is 5.97 Å². The lowest BCUT2D eigenvalue weighted by Gasteiger charge is -2.24. The third kappa shape index (κ3) is 3.88. The van der Waals surface area contributed by atoms with Gasteiger partial charge in [-0.2, -0.15) is 0 Å². The quantitative estimate of drug-likeness (QED) is 0.556. The Morgan fingerprint density at radius 1 is 1.23 bits per heavy atom. The molecule has 0 N–H and O–H groups in total. The third-order valence-electron chi connectivity index (χ3n) is 5.08. The molecule has 3 heterocycles. The lowest BCUT2D eigenvalue weighted by atomic mass is 10.00. The van der Waals surface area contributed by atoms with E-state index in [2.05, 4.69) is 4.99 Å². The van der Waals surface area contributed by atoms with E-state index < -0.39 is 12.0 Å². The summed E-state index contributed by atoms with van der Waals surface area (Å²) in [7, 11) is 1.61. The van der Waals surface area contributed by atoms with Crippen LogP contribution >= 0.6 is 22.7 Å². The first-order chi connectivity index (χ1) is 14.9. The van der Waals surface area contributed by atoms with Gasteiger partial charge in [-0.3, -0.25) is 9.36 Å². The fraction of sp³-hybridized carbons (Fsp3) is 0.261. The molecule has 0 saturated carbocycles. The maximum Gasteiger partial charge on any atom is 0.338 e. The number of allylic oxidation sites excluding steroid dienone is 1. The fourth-order valence-corrected chi connectivity index (χ4v) is 5.63. The molecule has 3 aromatic rings. The number of thiophene rings is 1. The van der Waals surface area contributed by atoms with Gasteiger partial charge in [-0.25, -0.2) is 9.79 Å². The number of nitrogens with zero attached hydrogens (tertiary/aromatic N) is 2. The molecule has 8 heteroatoms. The second-order valence-electron chi connectivity index (χ2n) is 7.04. The lowest BCUT2D eigenvalue weighted by molar-refractivity contribution is -0.139. The predicted molar refractivity (Wildman–Crippen MR) is 122 cm³/mol. The van der Waals surface area contributed by atoms with Gasteiger partial charge in [-0.05, 0) is 61.6 Å². The average molecular weight is 455 g/mol. The highest BCUT2D eigenvalue weighted by atomic mass is 32.1. The summed E-state index contributed by atoms with van der Waals surface area (Å²) >= 11 is 2.84. The second kappa shape index (κ2) is 8.64. The van der Waals surface area contributed by atoms with Gasteiger partial charge in [-0.1, -0.05) is 23.5 Å². The summed E-state index contributed by atoms with van der Waals surface area (Å²) < 4.78 is 12.7. The van der Waals surface area contributed by atoms with E-state index in [0.29, 0.717) is 20.6 Å². The number of rotatable bonds is 5. The Morgan fingerprint density at radius 3 is 2.58 bits per heavy atom. The van der Waals surface area contributed by atoms with Crippen LogP contribution < -0.4 is 19.6 Å². The van der Waals surface area contributed by atoms with Crippen LogP contribution in [0, 0.1) is 6.92 Å². The number of thiazole rings is 1. The van der Waals surface area contributed by atoms with Crippen molar-refractivity contribution in [2.24, 2.45) is 4.99 Å². The van der Waals surface area contributed by atoms with Crippen LogP contribution in [0.2, 0.25) is 0 Å². The highest BCUT2D eigenvalue weighted by Crippen LogP contribution is 2.35. The lowest BCUT2D eigenvalue weighted by Crippen LogP contribution is -2.39. The largest absolute Gasteiger partial charge is 0.497 e. The Morgan fingerprint density at radius 2 is 1.97 bits per heavy atom. The van der Waals surface area contributed by atoms with Crippen molar-refractivity contribution < 1.29 is 14.3 Å². The van der Waals surface area contributed by atoms with E-state index in [1.165, 1.54) is 22.7 Å². The minimum absolute atomic E-state index is 0.174. The van der Waals surface area contributed by atoms with E-state index in [9.17, 15) is 9.59 Å². The van der Waals surface area contributed by atoms with Crippen molar-refractivity contribution in [3.63, 3.8) is 0 Å². The maximum absolute atomic E-state index is 13.5. The topological polar surface area (TPSA) is 69.9 Å². The summed E-state index contributed by atoms with van der Waals surface area (Å²) in [5, 5.41) is 1.97. The van der Waals surface area contributed by atoms with Crippen molar-refractivity contribution in [1.29, 1.82) is 0 Å². The standard InChI is InChI=1S/C23H22N2O4S2/c1-5-29-22(27)18-14(3)24-23-25(19(18)20-13(2)10-11-30-20)21(26)17(31-23)12-15-6-8-16(28-4)9-7-15/h6-12,19H,5H2,1-4H3/b17-12+/t19-/m0/s1. The van der Waals surface area contributed by atoms with Gasteiger partial charge in [-0.15, -0.1) is 11.3 Å². The van der Waals surface area contributed by atoms with Crippen LogP contribution in [-0.2, 0) is 9.53 Å². The first kappa shape index (κ1) is 21.3. The number of methoxy groups -OCH3 is 1. The normalized spacial score (nSPS) is 16.1. The van der Waals surface area contributed by atoms with Gasteiger partial charge in [0.05, 0.1) is 29.5 Å². The van der Waals surface area contributed by atoms with Crippen molar-refractivity contribution in [2.75, 3.05) is 13.7 Å². The minimum Gasteiger partial charge on any atom is -0.497 e. The third-order valence-corrected chi connectivity index (χ3v) is 7.13. The number of aryl methyl sites for hydroxylation is 1. The molecule has 0 aliphatic carbocycles. The maximum atomic E-state index is 13.5. The second-order valence-corrected chi connectivity index (χ2v) is 9.00. The van der Waals surface area contributed by atoms with E-state index in [1.54, 1.807) is 25.5 Å². The van der Waals surface area contributed by atoms with Crippen molar-refractivity contribution in [3.05, 3.63) is 82.7 Å². The molecule has 2 aromatic heterocycles. The van der Waals surface area contributed by atoms with Crippen LogP contribution in [0.3, 0.4) is 0 Å². The van der Waals surface area contributed by atoms with Crippen LogP contribution in [0.5, 0.6) is 5.75 Å². The van der Waals surface area contributed by atoms with Crippen molar-refractivity contribution in [1.82, 2.24) is 4.57 Å². The summed E-state index contributed by atoms with van der Waals surface area (Å²) in [5.41, 5.74) is 2.73. The van der Waals surface area contributed by atoms with Crippen molar-refractivity contribution in [3.8, 4) is 5.75 Å². The number of aromatic nitrogens is 1. The Labute approximate surface area is 187 Å². The number of carbonyl (C=O) groups excluding carboxylic acids is 1. The number of carbonyl (C=O) groups is 1. The van der Waals surface area contributed by atoms with E-state index in [4.69, 9.17) is 9.47 Å². The molecule has 31 heavy (non-hydrogen) atoms. The summed E-state index contributed by atoms with van der Waals surface area (Å²) in [4.78, 5) is 32.4. The monoisotopic (exact) mass is 454 g/mol. The van der Waals surface area contributed by atoms with Crippen LogP contribution in [0.25, 0.3) is 6.08 Å². The Balaban J connectivity index is 1.92. The Kier molecular flexibility index (Phi) is 5.93. The molecule has 0 amide bonds. The number of fused-ring (bicyclic) bond motifs is 1. The molecule has 1 aromatic carbocycles. The molecule has 0 fully saturated rings.